The summed E-state index contributed by atoms with van der Waals surface area (Å²) in [7, 11) is 3.25. The number of nitrogens with one attached hydrogen (secondary N) is 1. The van der Waals surface area contributed by atoms with E-state index < -0.39 is 0 Å². The van der Waals surface area contributed by atoms with E-state index in [-0.39, 0.29) is 53.9 Å². The molecule has 2 atom stereocenters. The lowest BCUT2D eigenvalue weighted by Crippen LogP contribution is -2.33. The van der Waals surface area contributed by atoms with Crippen LogP contribution < -0.4 is 5.32 Å². The zero-order valence-corrected chi connectivity index (χ0v) is 27.3. The van der Waals surface area contributed by atoms with Gasteiger partial charge >= 0.3 is 5.97 Å². The number of fused-ring (bicyclic) bond motifs is 1. The van der Waals surface area contributed by atoms with Crippen molar-refractivity contribution in [2.45, 2.75) is 57.8 Å². The van der Waals surface area contributed by atoms with E-state index in [2.05, 4.69) is 10.3 Å². The molecule has 4 aromatic rings. The van der Waals surface area contributed by atoms with Crippen LogP contribution in [0, 0.1) is 0 Å². The Morgan fingerprint density at radius 3 is 2.68 bits per heavy atom. The summed E-state index contributed by atoms with van der Waals surface area (Å²) in [5.74, 6) is -0.728. The number of carbonyl (C=O) groups excluding carboxylic acids is 3. The number of para-hydroxylation sites is 1. The number of benzene rings is 2. The molecule has 9 nitrogen and oxygen atoms in total. The molecule has 44 heavy (non-hydrogen) atoms. The van der Waals surface area contributed by atoms with Crippen LogP contribution in [0.2, 0.25) is 10.0 Å². The molecular formula is C32H34Cl2N4O5S. The van der Waals surface area contributed by atoms with Crippen LogP contribution >= 0.6 is 34.5 Å². The number of carbonyl (C=O) groups is 3. The number of thiazole rings is 1. The maximum atomic E-state index is 13.7. The third-order valence-corrected chi connectivity index (χ3v) is 9.40. The number of nitrogens with zero attached hydrogens (tertiary/aromatic N) is 3. The highest BCUT2D eigenvalue weighted by Gasteiger charge is 2.39. The molecule has 1 N–H and O–H groups in total. The second kappa shape index (κ2) is 13.7. The summed E-state index contributed by atoms with van der Waals surface area (Å²) >= 11 is 14.7. The Morgan fingerprint density at radius 2 is 1.93 bits per heavy atom. The fraction of sp³-hybridized carbons (Fsp3) is 0.375. The monoisotopic (exact) mass is 656 g/mol. The highest BCUT2D eigenvalue weighted by atomic mass is 35.5. The number of rotatable bonds is 10. The summed E-state index contributed by atoms with van der Waals surface area (Å²) in [4.78, 5) is 45.9. The van der Waals surface area contributed by atoms with Gasteiger partial charge in [-0.05, 0) is 44.0 Å². The molecule has 12 heteroatoms. The summed E-state index contributed by atoms with van der Waals surface area (Å²) in [5.41, 5.74) is 2.36. The van der Waals surface area contributed by atoms with Crippen LogP contribution in [-0.2, 0) is 39.0 Å². The number of esters is 1. The van der Waals surface area contributed by atoms with E-state index in [1.165, 1.54) is 18.4 Å². The van der Waals surface area contributed by atoms with Crippen molar-refractivity contribution >= 4 is 68.9 Å². The number of aryl methyl sites for hydroxylation is 2. The number of anilines is 1. The van der Waals surface area contributed by atoms with Crippen molar-refractivity contribution in [2.24, 2.45) is 7.05 Å². The Hall–Kier alpha value is -3.44. The molecule has 1 aliphatic heterocycles. The zero-order chi connectivity index (χ0) is 31.5. The normalized spacial score (nSPS) is 16.6. The molecule has 2 aromatic heterocycles. The van der Waals surface area contributed by atoms with Gasteiger partial charge in [0.1, 0.15) is 5.01 Å². The molecule has 2 amide bonds. The van der Waals surface area contributed by atoms with Crippen molar-refractivity contribution in [1.29, 1.82) is 0 Å². The molecule has 0 bridgehead atoms. The van der Waals surface area contributed by atoms with Gasteiger partial charge in [-0.3, -0.25) is 14.4 Å². The first-order valence-corrected chi connectivity index (χ1v) is 15.9. The van der Waals surface area contributed by atoms with Crippen molar-refractivity contribution < 1.29 is 23.9 Å². The summed E-state index contributed by atoms with van der Waals surface area (Å²) in [6.45, 7) is 4.36. The highest BCUT2D eigenvalue weighted by Crippen LogP contribution is 2.38. The molecule has 0 saturated carbocycles. The minimum atomic E-state index is -0.311. The predicted octanol–water partition coefficient (Wildman–Crippen LogP) is 6.61. The second-order valence-corrected chi connectivity index (χ2v) is 13.0. The van der Waals surface area contributed by atoms with E-state index >= 15 is 0 Å². The van der Waals surface area contributed by atoms with Crippen LogP contribution in [0.15, 0.2) is 48.8 Å². The SMILES string of the molecule is COC(=O)CCc1cnc([C@@H]2C[C@H](OC(C)C)CN2C(=O)Cc2cc(Cl)c(NC(=O)c3cn(C)c4ccccc34)cc2Cl)s1. The Labute approximate surface area is 270 Å². The number of ether oxygens (including phenoxy) is 2. The maximum Gasteiger partial charge on any atom is 0.305 e. The van der Waals surface area contributed by atoms with Crippen molar-refractivity contribution in [1.82, 2.24) is 14.5 Å². The van der Waals surface area contributed by atoms with Crippen molar-refractivity contribution in [2.75, 3.05) is 19.0 Å². The summed E-state index contributed by atoms with van der Waals surface area (Å²) in [5, 5.41) is 5.09. The van der Waals surface area contributed by atoms with E-state index in [0.29, 0.717) is 41.2 Å². The van der Waals surface area contributed by atoms with Crippen molar-refractivity contribution in [3.63, 3.8) is 0 Å². The lowest BCUT2D eigenvalue weighted by molar-refractivity contribution is -0.140. The molecule has 1 saturated heterocycles. The molecule has 0 radical (unpaired) electrons. The van der Waals surface area contributed by atoms with E-state index in [1.54, 1.807) is 29.4 Å². The fourth-order valence-electron chi connectivity index (χ4n) is 5.51. The molecule has 0 unspecified atom stereocenters. The minimum Gasteiger partial charge on any atom is -0.469 e. The van der Waals surface area contributed by atoms with Gasteiger partial charge in [0, 0.05) is 53.2 Å². The molecular weight excluding hydrogens is 623 g/mol. The van der Waals surface area contributed by atoms with Gasteiger partial charge in [0.05, 0.1) is 54.5 Å². The fourth-order valence-corrected chi connectivity index (χ4v) is 7.01. The van der Waals surface area contributed by atoms with Gasteiger partial charge in [0.15, 0.2) is 0 Å². The minimum absolute atomic E-state index is 0.00694. The molecule has 1 fully saturated rings. The standard InChI is InChI=1S/C32H34Cl2N4O5S/c1-18(2)43-20-13-28(32-35-15-21(44-32)9-10-30(40)42-4)38(16-20)29(39)12-19-11-25(34)26(14-24(19)33)36-31(41)23-17-37(3)27-8-6-5-7-22(23)27/h5-8,11,14-15,17-18,20,28H,9-10,12-13,16H2,1-4H3,(H,36,41)/t20-,28-/m0/s1. The van der Waals surface area contributed by atoms with E-state index in [9.17, 15) is 14.4 Å². The van der Waals surface area contributed by atoms with Crippen LogP contribution in [-0.4, -0.2) is 58.1 Å². The largest absolute Gasteiger partial charge is 0.469 e. The first kappa shape index (κ1) is 32.0. The number of aromatic nitrogens is 2. The smallest absolute Gasteiger partial charge is 0.305 e. The van der Waals surface area contributed by atoms with Gasteiger partial charge in [-0.15, -0.1) is 11.3 Å². The Kier molecular flexibility index (Phi) is 9.94. The molecule has 2 aromatic carbocycles. The van der Waals surface area contributed by atoms with Crippen LogP contribution in [0.3, 0.4) is 0 Å². The number of amides is 2. The number of hydrogen-bond donors (Lipinski definition) is 1. The molecule has 3 heterocycles. The Morgan fingerprint density at radius 1 is 1.16 bits per heavy atom. The molecule has 0 spiro atoms. The van der Waals surface area contributed by atoms with E-state index in [4.69, 9.17) is 32.7 Å². The van der Waals surface area contributed by atoms with Gasteiger partial charge in [0.2, 0.25) is 5.91 Å². The van der Waals surface area contributed by atoms with Gasteiger partial charge in [-0.1, -0.05) is 41.4 Å². The number of halogens is 2. The van der Waals surface area contributed by atoms with E-state index in [1.807, 2.05) is 49.7 Å². The topological polar surface area (TPSA) is 103 Å². The Balaban J connectivity index is 1.32. The van der Waals surface area contributed by atoms with Gasteiger partial charge in [-0.2, -0.15) is 0 Å². The average Bonchev–Trinajstić information content (AvgIpc) is 3.71. The number of likely N-dealkylation sites (tertiary alicyclic amines) is 1. The third kappa shape index (κ3) is 7.10. The lowest BCUT2D eigenvalue weighted by atomic mass is 10.1. The van der Waals surface area contributed by atoms with Crippen LogP contribution in [0.5, 0.6) is 0 Å². The molecule has 5 rings (SSSR count). The molecule has 1 aliphatic rings. The average molecular weight is 658 g/mol. The first-order chi connectivity index (χ1) is 21.0. The van der Waals surface area contributed by atoms with Crippen LogP contribution in [0.1, 0.15) is 58.5 Å². The quantitative estimate of drug-likeness (QED) is 0.193. The maximum absolute atomic E-state index is 13.7. The molecule has 0 aliphatic carbocycles. The summed E-state index contributed by atoms with van der Waals surface area (Å²) < 4.78 is 12.7. The summed E-state index contributed by atoms with van der Waals surface area (Å²) in [6, 6.07) is 10.6. The molecule has 232 valence electrons. The third-order valence-electron chi connectivity index (χ3n) is 7.57. The van der Waals surface area contributed by atoms with Gasteiger partial charge in [-0.25, -0.2) is 4.98 Å². The lowest BCUT2D eigenvalue weighted by Gasteiger charge is -2.23. The second-order valence-electron chi connectivity index (χ2n) is 11.1. The Bertz CT molecular complexity index is 1700. The van der Waals surface area contributed by atoms with Gasteiger partial charge < -0.3 is 24.3 Å². The number of hydrogen-bond acceptors (Lipinski definition) is 7. The van der Waals surface area contributed by atoms with Crippen LogP contribution in [0.4, 0.5) is 5.69 Å². The first-order valence-electron chi connectivity index (χ1n) is 14.3. The van der Waals surface area contributed by atoms with Crippen molar-refractivity contribution in [3.8, 4) is 0 Å². The zero-order valence-electron chi connectivity index (χ0n) is 24.9. The van der Waals surface area contributed by atoms with Gasteiger partial charge in [0.25, 0.3) is 5.91 Å². The predicted molar refractivity (Wildman–Crippen MR) is 173 cm³/mol. The van der Waals surface area contributed by atoms with E-state index in [0.717, 1.165) is 20.8 Å². The summed E-state index contributed by atoms with van der Waals surface area (Å²) in [6.07, 6.45) is 4.81. The van der Waals surface area contributed by atoms with Crippen LogP contribution in [0.25, 0.3) is 10.9 Å². The van der Waals surface area contributed by atoms with Crippen molar-refractivity contribution in [3.05, 3.63) is 79.8 Å². The number of methoxy groups -OCH3 is 1. The highest BCUT2D eigenvalue weighted by molar-refractivity contribution is 7.11.